The van der Waals surface area contributed by atoms with E-state index in [1.807, 2.05) is 23.1 Å². The van der Waals surface area contributed by atoms with Crippen LogP contribution in [0.15, 0.2) is 35.1 Å². The first kappa shape index (κ1) is 15.8. The molecule has 0 aliphatic carbocycles. The molecule has 0 spiro atoms. The van der Waals surface area contributed by atoms with Crippen molar-refractivity contribution in [3.8, 4) is 0 Å². The molecule has 3 heterocycles. The van der Waals surface area contributed by atoms with Crippen molar-refractivity contribution in [3.63, 3.8) is 0 Å². The van der Waals surface area contributed by atoms with E-state index in [0.29, 0.717) is 11.4 Å². The lowest BCUT2D eigenvalue weighted by molar-refractivity contribution is -0.130. The fraction of sp³-hybridized carbons (Fsp3) is 0.375. The quantitative estimate of drug-likeness (QED) is 0.874. The second kappa shape index (κ2) is 6.97. The average Bonchev–Trinajstić information content (AvgIpc) is 3.32. The third kappa shape index (κ3) is 3.46. The van der Waals surface area contributed by atoms with Gasteiger partial charge in [-0.25, -0.2) is 0 Å². The largest absolute Gasteiger partial charge is 0.472 e. The summed E-state index contributed by atoms with van der Waals surface area (Å²) in [6.07, 6.45) is 5.07. The van der Waals surface area contributed by atoms with Crippen molar-refractivity contribution in [2.24, 2.45) is 5.73 Å². The van der Waals surface area contributed by atoms with Gasteiger partial charge < -0.3 is 20.4 Å². The number of rotatable bonds is 5. The molecule has 3 N–H and O–H groups in total. The van der Waals surface area contributed by atoms with Gasteiger partial charge in [-0.1, -0.05) is 0 Å². The van der Waals surface area contributed by atoms with Crippen molar-refractivity contribution in [1.82, 2.24) is 10.2 Å². The molecule has 2 aromatic heterocycles. The van der Waals surface area contributed by atoms with E-state index in [9.17, 15) is 9.59 Å². The topological polar surface area (TPSA) is 88.6 Å². The summed E-state index contributed by atoms with van der Waals surface area (Å²) in [6, 6.07) is 5.61. The highest BCUT2D eigenvalue weighted by molar-refractivity contribution is 7.14. The van der Waals surface area contributed by atoms with Gasteiger partial charge in [0, 0.05) is 23.5 Å². The Morgan fingerprint density at radius 3 is 3.00 bits per heavy atom. The zero-order valence-corrected chi connectivity index (χ0v) is 13.5. The molecule has 1 unspecified atom stereocenters. The van der Waals surface area contributed by atoms with Crippen LogP contribution in [0.5, 0.6) is 0 Å². The second-order valence-corrected chi connectivity index (χ2v) is 6.58. The molecule has 2 aromatic rings. The minimum Gasteiger partial charge on any atom is -0.472 e. The summed E-state index contributed by atoms with van der Waals surface area (Å²) in [5.41, 5.74) is 6.39. The molecule has 1 atom stereocenters. The third-order valence-corrected chi connectivity index (χ3v) is 5.15. The van der Waals surface area contributed by atoms with Crippen molar-refractivity contribution in [3.05, 3.63) is 46.0 Å². The van der Waals surface area contributed by atoms with Crippen molar-refractivity contribution >= 4 is 23.2 Å². The molecule has 1 saturated heterocycles. The highest BCUT2D eigenvalue weighted by Crippen LogP contribution is 2.35. The summed E-state index contributed by atoms with van der Waals surface area (Å²) in [5.74, 6) is -0.149. The summed E-state index contributed by atoms with van der Waals surface area (Å²) in [5, 5.41) is 2.86. The number of likely N-dealkylation sites (tertiary alicyclic amines) is 1. The molecule has 122 valence electrons. The van der Waals surface area contributed by atoms with E-state index in [-0.39, 0.29) is 24.4 Å². The maximum Gasteiger partial charge on any atom is 0.261 e. The number of amides is 2. The Morgan fingerprint density at radius 2 is 2.26 bits per heavy atom. The Kier molecular flexibility index (Phi) is 4.78. The second-order valence-electron chi connectivity index (χ2n) is 5.47. The Morgan fingerprint density at radius 1 is 1.39 bits per heavy atom. The molecular weight excluding hydrogens is 314 g/mol. The zero-order chi connectivity index (χ0) is 16.2. The third-order valence-electron chi connectivity index (χ3n) is 3.96. The van der Waals surface area contributed by atoms with Gasteiger partial charge in [0.25, 0.3) is 5.91 Å². The SMILES string of the molecule is NCC(=O)N1CCCC1c1ccc(C(=O)NCc2ccoc2)s1. The molecule has 7 heteroatoms. The molecule has 3 rings (SSSR count). The van der Waals surface area contributed by atoms with Gasteiger partial charge in [0.1, 0.15) is 0 Å². The molecule has 1 aliphatic heterocycles. The average molecular weight is 333 g/mol. The molecular formula is C16H19N3O3S. The molecule has 0 radical (unpaired) electrons. The summed E-state index contributed by atoms with van der Waals surface area (Å²) < 4.78 is 4.97. The van der Waals surface area contributed by atoms with Crippen LogP contribution in [-0.2, 0) is 11.3 Å². The Balaban J connectivity index is 1.65. The first-order chi connectivity index (χ1) is 11.2. The lowest BCUT2D eigenvalue weighted by Gasteiger charge is -2.23. The van der Waals surface area contributed by atoms with Crippen LogP contribution in [0.3, 0.4) is 0 Å². The fourth-order valence-electron chi connectivity index (χ4n) is 2.79. The minimum atomic E-state index is -0.114. The fourth-order valence-corrected chi connectivity index (χ4v) is 3.87. The highest BCUT2D eigenvalue weighted by atomic mass is 32.1. The highest BCUT2D eigenvalue weighted by Gasteiger charge is 2.30. The summed E-state index contributed by atoms with van der Waals surface area (Å²) in [4.78, 5) is 27.6. The minimum absolute atomic E-state index is 0.0277. The predicted molar refractivity (Wildman–Crippen MR) is 86.9 cm³/mol. The van der Waals surface area contributed by atoms with Crippen molar-refractivity contribution in [2.75, 3.05) is 13.1 Å². The van der Waals surface area contributed by atoms with E-state index in [1.165, 1.54) is 11.3 Å². The van der Waals surface area contributed by atoms with Gasteiger partial charge in [-0.3, -0.25) is 9.59 Å². The number of nitrogens with zero attached hydrogens (tertiary/aromatic N) is 1. The maximum absolute atomic E-state index is 12.2. The van der Waals surface area contributed by atoms with Gasteiger partial charge in [-0.2, -0.15) is 0 Å². The standard InChI is InChI=1S/C16H19N3O3S/c17-8-15(20)19-6-1-2-12(19)13-3-4-14(23-13)16(21)18-9-11-5-7-22-10-11/h3-5,7,10,12H,1-2,6,8-9,17H2,(H,18,21). The van der Waals surface area contributed by atoms with Crippen LogP contribution in [0.25, 0.3) is 0 Å². The lowest BCUT2D eigenvalue weighted by atomic mass is 10.2. The summed E-state index contributed by atoms with van der Waals surface area (Å²) >= 11 is 1.44. The zero-order valence-electron chi connectivity index (χ0n) is 12.7. The van der Waals surface area contributed by atoms with E-state index < -0.39 is 0 Å². The number of hydrogen-bond acceptors (Lipinski definition) is 5. The normalized spacial score (nSPS) is 17.4. The monoisotopic (exact) mass is 333 g/mol. The van der Waals surface area contributed by atoms with E-state index in [4.69, 9.17) is 10.2 Å². The first-order valence-electron chi connectivity index (χ1n) is 7.57. The van der Waals surface area contributed by atoms with Gasteiger partial charge in [0.2, 0.25) is 5.91 Å². The first-order valence-corrected chi connectivity index (χ1v) is 8.39. The molecule has 1 fully saturated rings. The molecule has 23 heavy (non-hydrogen) atoms. The van der Waals surface area contributed by atoms with E-state index >= 15 is 0 Å². The number of hydrogen-bond donors (Lipinski definition) is 2. The van der Waals surface area contributed by atoms with E-state index in [0.717, 1.165) is 29.8 Å². The number of nitrogens with one attached hydrogen (secondary N) is 1. The van der Waals surface area contributed by atoms with Crippen LogP contribution in [0.4, 0.5) is 0 Å². The molecule has 1 aliphatic rings. The number of carbonyl (C=O) groups is 2. The Hall–Kier alpha value is -2.12. The van der Waals surface area contributed by atoms with Crippen LogP contribution in [0.1, 0.15) is 39.0 Å². The van der Waals surface area contributed by atoms with Gasteiger partial charge in [-0.15, -0.1) is 11.3 Å². The molecule has 0 saturated carbocycles. The van der Waals surface area contributed by atoms with Crippen LogP contribution in [-0.4, -0.2) is 29.8 Å². The van der Waals surface area contributed by atoms with Crippen molar-refractivity contribution < 1.29 is 14.0 Å². The van der Waals surface area contributed by atoms with Gasteiger partial charge in [-0.05, 0) is 31.0 Å². The van der Waals surface area contributed by atoms with Crippen LogP contribution in [0.2, 0.25) is 0 Å². The maximum atomic E-state index is 12.2. The number of carbonyl (C=O) groups excluding carboxylic acids is 2. The van der Waals surface area contributed by atoms with E-state index in [2.05, 4.69) is 5.32 Å². The summed E-state index contributed by atoms with van der Waals surface area (Å²) in [7, 11) is 0. The van der Waals surface area contributed by atoms with Crippen molar-refractivity contribution in [2.45, 2.75) is 25.4 Å². The predicted octanol–water partition coefficient (Wildman–Crippen LogP) is 1.89. The van der Waals surface area contributed by atoms with Gasteiger partial charge in [0.05, 0.1) is 30.0 Å². The lowest BCUT2D eigenvalue weighted by Crippen LogP contribution is -2.35. The number of nitrogens with two attached hydrogens (primary N) is 1. The number of furan rings is 1. The molecule has 0 bridgehead atoms. The molecule has 2 amide bonds. The van der Waals surface area contributed by atoms with Crippen LogP contribution in [0, 0.1) is 0 Å². The van der Waals surface area contributed by atoms with Crippen LogP contribution < -0.4 is 11.1 Å². The Bertz CT molecular complexity index is 681. The van der Waals surface area contributed by atoms with Crippen molar-refractivity contribution in [1.29, 1.82) is 0 Å². The van der Waals surface area contributed by atoms with Gasteiger partial charge >= 0.3 is 0 Å². The molecule has 0 aromatic carbocycles. The van der Waals surface area contributed by atoms with Crippen LogP contribution >= 0.6 is 11.3 Å². The Labute approximate surface area is 138 Å². The summed E-state index contributed by atoms with van der Waals surface area (Å²) in [6.45, 7) is 1.20. The van der Waals surface area contributed by atoms with E-state index in [1.54, 1.807) is 12.5 Å². The smallest absolute Gasteiger partial charge is 0.261 e. The molecule has 6 nitrogen and oxygen atoms in total. The van der Waals surface area contributed by atoms with Gasteiger partial charge in [0.15, 0.2) is 0 Å². The number of thiophene rings is 1.